The molecule has 1 heterocycles. The maximum Gasteiger partial charge on any atom is 0.226 e. The number of amides is 1. The number of carbonyl (C=O) groups excluding carboxylic acids is 1. The van der Waals surface area contributed by atoms with Crippen molar-refractivity contribution in [1.82, 2.24) is 9.80 Å². The first-order valence-electron chi connectivity index (χ1n) is 9.20. The van der Waals surface area contributed by atoms with Crippen molar-refractivity contribution in [1.29, 1.82) is 0 Å². The predicted molar refractivity (Wildman–Crippen MR) is 96.0 cm³/mol. The molecule has 1 aliphatic heterocycles. The minimum absolute atomic E-state index is 0.220. The van der Waals surface area contributed by atoms with Gasteiger partial charge in [0.05, 0.1) is 6.42 Å². The molecule has 2 aliphatic rings. The van der Waals surface area contributed by atoms with E-state index in [1.807, 2.05) is 17.0 Å². The Morgan fingerprint density at radius 3 is 2.25 bits per heavy atom. The molecule has 0 bridgehead atoms. The van der Waals surface area contributed by atoms with Crippen molar-refractivity contribution < 1.29 is 9.90 Å². The Hall–Kier alpha value is -1.55. The molecule has 0 aromatic heterocycles. The molecule has 0 atom stereocenters. The average molecular weight is 330 g/mol. The van der Waals surface area contributed by atoms with E-state index in [2.05, 4.69) is 19.0 Å². The van der Waals surface area contributed by atoms with Crippen molar-refractivity contribution in [3.05, 3.63) is 29.8 Å². The zero-order valence-corrected chi connectivity index (χ0v) is 15.0. The highest BCUT2D eigenvalue weighted by molar-refractivity contribution is 5.78. The van der Waals surface area contributed by atoms with Crippen LogP contribution in [0.15, 0.2) is 24.3 Å². The Morgan fingerprint density at radius 2 is 1.71 bits per heavy atom. The molecule has 4 heteroatoms. The highest BCUT2D eigenvalue weighted by Crippen LogP contribution is 2.45. The Kier molecular flexibility index (Phi) is 5.14. The van der Waals surface area contributed by atoms with E-state index in [1.54, 1.807) is 12.1 Å². The lowest BCUT2D eigenvalue weighted by Crippen LogP contribution is -2.46. The molecule has 1 aromatic rings. The Morgan fingerprint density at radius 1 is 1.12 bits per heavy atom. The van der Waals surface area contributed by atoms with Crippen LogP contribution in [0.5, 0.6) is 5.75 Å². The lowest BCUT2D eigenvalue weighted by Gasteiger charge is -2.47. The second kappa shape index (κ2) is 7.14. The molecule has 4 nitrogen and oxygen atoms in total. The number of aromatic hydroxyl groups is 1. The van der Waals surface area contributed by atoms with Crippen LogP contribution >= 0.6 is 0 Å². The maximum absolute atomic E-state index is 12.5. The number of phenolic OH excluding ortho intramolecular Hbond substituents is 1. The summed E-state index contributed by atoms with van der Waals surface area (Å²) in [5.74, 6) is 0.469. The van der Waals surface area contributed by atoms with E-state index in [4.69, 9.17) is 0 Å². The van der Waals surface area contributed by atoms with Crippen LogP contribution in [0.4, 0.5) is 0 Å². The van der Waals surface area contributed by atoms with Crippen molar-refractivity contribution in [2.75, 3.05) is 27.2 Å². The van der Waals surface area contributed by atoms with Crippen LogP contribution in [0, 0.1) is 5.41 Å². The molecule has 1 saturated carbocycles. The maximum atomic E-state index is 12.5. The van der Waals surface area contributed by atoms with Gasteiger partial charge in [0.25, 0.3) is 0 Å². The number of hydrogen-bond acceptors (Lipinski definition) is 3. The first-order chi connectivity index (χ1) is 11.5. The summed E-state index contributed by atoms with van der Waals surface area (Å²) in [6.45, 7) is 1.81. The summed E-state index contributed by atoms with van der Waals surface area (Å²) in [6, 6.07) is 7.71. The van der Waals surface area contributed by atoms with Crippen LogP contribution in [-0.4, -0.2) is 54.0 Å². The molecule has 0 radical (unpaired) electrons. The summed E-state index contributed by atoms with van der Waals surface area (Å²) in [5, 5.41) is 9.33. The van der Waals surface area contributed by atoms with Gasteiger partial charge in [0.2, 0.25) is 5.91 Å². The van der Waals surface area contributed by atoms with Crippen molar-refractivity contribution in [3.63, 3.8) is 0 Å². The van der Waals surface area contributed by atoms with Gasteiger partial charge in [0.1, 0.15) is 5.75 Å². The van der Waals surface area contributed by atoms with E-state index in [1.165, 1.54) is 25.7 Å². The second-order valence-corrected chi connectivity index (χ2v) is 7.92. The minimum Gasteiger partial charge on any atom is -0.508 e. The van der Waals surface area contributed by atoms with Gasteiger partial charge in [0.15, 0.2) is 0 Å². The van der Waals surface area contributed by atoms with Gasteiger partial charge in [-0.2, -0.15) is 0 Å². The number of hydrogen-bond donors (Lipinski definition) is 1. The summed E-state index contributed by atoms with van der Waals surface area (Å²) >= 11 is 0. The number of carbonyl (C=O) groups is 1. The predicted octanol–water partition coefficient (Wildman–Crippen LogP) is 3.05. The lowest BCUT2D eigenvalue weighted by atomic mass is 9.67. The standard InChI is InChI=1S/C20H30N2O2/c1-21(2)17-7-9-20(10-8-17)11-13-22(14-12-20)19(24)15-16-3-5-18(23)6-4-16/h3-6,17,23H,7-15H2,1-2H3. The zero-order valence-electron chi connectivity index (χ0n) is 15.0. The van der Waals surface area contributed by atoms with E-state index >= 15 is 0 Å². The van der Waals surface area contributed by atoms with E-state index in [9.17, 15) is 9.90 Å². The van der Waals surface area contributed by atoms with Gasteiger partial charge in [-0.15, -0.1) is 0 Å². The van der Waals surface area contributed by atoms with Crippen molar-refractivity contribution >= 4 is 5.91 Å². The van der Waals surface area contributed by atoms with E-state index in [0.717, 1.165) is 37.5 Å². The van der Waals surface area contributed by atoms with Crippen LogP contribution in [0.25, 0.3) is 0 Å². The molecule has 1 amide bonds. The van der Waals surface area contributed by atoms with Crippen LogP contribution < -0.4 is 0 Å². The largest absolute Gasteiger partial charge is 0.508 e. The summed E-state index contributed by atoms with van der Waals surface area (Å²) in [7, 11) is 4.38. The van der Waals surface area contributed by atoms with Crippen LogP contribution in [0.1, 0.15) is 44.1 Å². The highest BCUT2D eigenvalue weighted by Gasteiger charge is 2.39. The average Bonchev–Trinajstić information content (AvgIpc) is 2.58. The van der Waals surface area contributed by atoms with Gasteiger partial charge >= 0.3 is 0 Å². The molecule has 2 fully saturated rings. The first-order valence-corrected chi connectivity index (χ1v) is 9.20. The van der Waals surface area contributed by atoms with E-state index in [0.29, 0.717) is 11.8 Å². The fourth-order valence-electron chi connectivity index (χ4n) is 4.36. The van der Waals surface area contributed by atoms with E-state index < -0.39 is 0 Å². The second-order valence-electron chi connectivity index (χ2n) is 7.92. The molecule has 0 unspecified atom stereocenters. The van der Waals surface area contributed by atoms with Gasteiger partial charge in [-0.3, -0.25) is 4.79 Å². The van der Waals surface area contributed by atoms with Gasteiger partial charge < -0.3 is 14.9 Å². The molecule has 132 valence electrons. The third-order valence-electron chi connectivity index (χ3n) is 6.21. The van der Waals surface area contributed by atoms with Gasteiger partial charge in [0, 0.05) is 19.1 Å². The molecular weight excluding hydrogens is 300 g/mol. The SMILES string of the molecule is CN(C)C1CCC2(CC1)CCN(C(=O)Cc1ccc(O)cc1)CC2. The normalized spacial score (nSPS) is 21.4. The first kappa shape index (κ1) is 17.3. The van der Waals surface area contributed by atoms with Gasteiger partial charge in [-0.1, -0.05) is 12.1 Å². The molecule has 1 spiro atoms. The molecule has 3 rings (SSSR count). The zero-order chi connectivity index (χ0) is 17.2. The van der Waals surface area contributed by atoms with E-state index in [-0.39, 0.29) is 11.7 Å². The molecule has 24 heavy (non-hydrogen) atoms. The topological polar surface area (TPSA) is 43.8 Å². The lowest BCUT2D eigenvalue weighted by molar-refractivity contribution is -0.133. The monoisotopic (exact) mass is 330 g/mol. The van der Waals surface area contributed by atoms with Gasteiger partial charge in [-0.05, 0) is 75.7 Å². The van der Waals surface area contributed by atoms with Gasteiger partial charge in [-0.25, -0.2) is 0 Å². The number of likely N-dealkylation sites (tertiary alicyclic amines) is 1. The summed E-state index contributed by atoms with van der Waals surface area (Å²) in [5.41, 5.74) is 1.46. The summed E-state index contributed by atoms with van der Waals surface area (Å²) in [6.07, 6.45) is 7.99. The molecule has 1 saturated heterocycles. The third kappa shape index (κ3) is 3.92. The quantitative estimate of drug-likeness (QED) is 0.926. The number of phenols is 1. The van der Waals surface area contributed by atoms with Crippen molar-refractivity contribution in [3.8, 4) is 5.75 Å². The minimum atomic E-state index is 0.220. The molecule has 1 aliphatic carbocycles. The van der Waals surface area contributed by atoms with Crippen LogP contribution in [0.3, 0.4) is 0 Å². The Labute approximate surface area is 145 Å². The Bertz CT molecular complexity index is 550. The summed E-state index contributed by atoms with van der Waals surface area (Å²) < 4.78 is 0. The number of benzene rings is 1. The van der Waals surface area contributed by atoms with Crippen molar-refractivity contribution in [2.24, 2.45) is 5.41 Å². The van der Waals surface area contributed by atoms with Crippen LogP contribution in [0.2, 0.25) is 0 Å². The number of piperidine rings is 1. The van der Waals surface area contributed by atoms with Crippen LogP contribution in [-0.2, 0) is 11.2 Å². The number of nitrogens with zero attached hydrogens (tertiary/aromatic N) is 2. The Balaban J connectivity index is 1.50. The van der Waals surface area contributed by atoms with Crippen molar-refractivity contribution in [2.45, 2.75) is 51.0 Å². The fourth-order valence-corrected chi connectivity index (χ4v) is 4.36. The molecular formula is C20H30N2O2. The summed E-state index contributed by atoms with van der Waals surface area (Å²) in [4.78, 5) is 16.9. The highest BCUT2D eigenvalue weighted by atomic mass is 16.3. The smallest absolute Gasteiger partial charge is 0.226 e. The molecule has 1 N–H and O–H groups in total. The number of rotatable bonds is 3. The fraction of sp³-hybridized carbons (Fsp3) is 0.650. The molecule has 1 aromatic carbocycles. The third-order valence-corrected chi connectivity index (χ3v) is 6.21.